The summed E-state index contributed by atoms with van der Waals surface area (Å²) in [5.74, 6) is 0.258. The molecule has 1 heterocycles. The topological polar surface area (TPSA) is 61.0 Å². The van der Waals surface area contributed by atoms with Crippen LogP contribution in [0.4, 0.5) is 4.39 Å². The summed E-state index contributed by atoms with van der Waals surface area (Å²) < 4.78 is 19.5. The lowest BCUT2D eigenvalue weighted by atomic mass is 10.00. The van der Waals surface area contributed by atoms with Crippen LogP contribution in [0.2, 0.25) is 0 Å². The van der Waals surface area contributed by atoms with Gasteiger partial charge in [-0.2, -0.15) is 0 Å². The Bertz CT molecular complexity index is 360. The Labute approximate surface area is 87.7 Å². The van der Waals surface area contributed by atoms with Crippen molar-refractivity contribution in [1.82, 2.24) is 9.97 Å². The quantitative estimate of drug-likeness (QED) is 0.797. The zero-order chi connectivity index (χ0) is 10.9. The summed E-state index contributed by atoms with van der Waals surface area (Å²) in [5, 5.41) is 0. The molecule has 2 unspecified atom stereocenters. The Morgan fingerprint density at radius 3 is 2.87 bits per heavy atom. The SMILES string of the molecule is COc1nccnc1C1(F)CCC(N)C1. The normalized spacial score (nSPS) is 30.5. The minimum Gasteiger partial charge on any atom is -0.480 e. The molecular formula is C10H14FN3O. The van der Waals surface area contributed by atoms with Gasteiger partial charge in [0.05, 0.1) is 7.11 Å². The number of rotatable bonds is 2. The third-order valence-corrected chi connectivity index (χ3v) is 2.78. The van der Waals surface area contributed by atoms with Crippen molar-refractivity contribution in [2.75, 3.05) is 7.11 Å². The van der Waals surface area contributed by atoms with Gasteiger partial charge in [-0.15, -0.1) is 0 Å². The van der Waals surface area contributed by atoms with Gasteiger partial charge in [-0.1, -0.05) is 0 Å². The largest absolute Gasteiger partial charge is 0.480 e. The second-order valence-electron chi connectivity index (χ2n) is 3.88. The molecule has 0 aliphatic heterocycles. The first-order valence-electron chi connectivity index (χ1n) is 4.96. The lowest BCUT2D eigenvalue weighted by molar-refractivity contribution is 0.158. The Kier molecular flexibility index (Phi) is 2.56. The van der Waals surface area contributed by atoms with Crippen LogP contribution in [0.3, 0.4) is 0 Å². The molecule has 1 aliphatic carbocycles. The average molecular weight is 211 g/mol. The molecule has 2 rings (SSSR count). The number of halogens is 1. The highest BCUT2D eigenvalue weighted by Crippen LogP contribution is 2.43. The Hall–Kier alpha value is -1.23. The van der Waals surface area contributed by atoms with Crippen molar-refractivity contribution in [2.24, 2.45) is 5.73 Å². The molecule has 0 radical (unpaired) electrons. The van der Waals surface area contributed by atoms with Gasteiger partial charge in [0.15, 0.2) is 5.67 Å². The molecule has 2 N–H and O–H groups in total. The van der Waals surface area contributed by atoms with Crippen LogP contribution < -0.4 is 10.5 Å². The zero-order valence-corrected chi connectivity index (χ0v) is 8.61. The number of hydrogen-bond donors (Lipinski definition) is 1. The van der Waals surface area contributed by atoms with E-state index in [1.54, 1.807) is 0 Å². The number of ether oxygens (including phenoxy) is 1. The predicted octanol–water partition coefficient (Wildman–Crippen LogP) is 1.16. The summed E-state index contributed by atoms with van der Waals surface area (Å²) in [4.78, 5) is 7.97. The van der Waals surface area contributed by atoms with Crippen LogP contribution in [-0.2, 0) is 5.67 Å². The minimum absolute atomic E-state index is 0.0956. The van der Waals surface area contributed by atoms with Gasteiger partial charge >= 0.3 is 0 Å². The molecule has 0 aromatic carbocycles. The lowest BCUT2D eigenvalue weighted by Crippen LogP contribution is -2.23. The van der Waals surface area contributed by atoms with Crippen molar-refractivity contribution in [3.05, 3.63) is 18.1 Å². The van der Waals surface area contributed by atoms with Gasteiger partial charge in [0, 0.05) is 24.9 Å². The van der Waals surface area contributed by atoms with Crippen molar-refractivity contribution < 1.29 is 9.13 Å². The fraction of sp³-hybridized carbons (Fsp3) is 0.600. The monoisotopic (exact) mass is 211 g/mol. The maximum Gasteiger partial charge on any atom is 0.238 e. The van der Waals surface area contributed by atoms with E-state index in [9.17, 15) is 4.39 Å². The van der Waals surface area contributed by atoms with E-state index in [4.69, 9.17) is 10.5 Å². The Balaban J connectivity index is 2.36. The summed E-state index contributed by atoms with van der Waals surface area (Å²) in [6.45, 7) is 0. The molecule has 4 nitrogen and oxygen atoms in total. The molecule has 15 heavy (non-hydrogen) atoms. The van der Waals surface area contributed by atoms with Gasteiger partial charge in [0.25, 0.3) is 0 Å². The fourth-order valence-electron chi connectivity index (χ4n) is 2.03. The molecule has 5 heteroatoms. The molecule has 0 saturated heterocycles. The van der Waals surface area contributed by atoms with Gasteiger partial charge < -0.3 is 10.5 Å². The summed E-state index contributed by atoms with van der Waals surface area (Å²) >= 11 is 0. The van der Waals surface area contributed by atoms with Crippen molar-refractivity contribution in [1.29, 1.82) is 0 Å². The highest BCUT2D eigenvalue weighted by atomic mass is 19.1. The summed E-state index contributed by atoms with van der Waals surface area (Å²) in [6, 6.07) is -0.0956. The molecule has 0 amide bonds. The first-order valence-corrected chi connectivity index (χ1v) is 4.96. The van der Waals surface area contributed by atoms with Crippen LogP contribution >= 0.6 is 0 Å². The molecule has 0 bridgehead atoms. The number of hydrogen-bond acceptors (Lipinski definition) is 4. The van der Waals surface area contributed by atoms with Crippen molar-refractivity contribution in [3.8, 4) is 5.88 Å². The van der Waals surface area contributed by atoms with E-state index < -0.39 is 5.67 Å². The van der Waals surface area contributed by atoms with Crippen LogP contribution in [0.5, 0.6) is 5.88 Å². The summed E-state index contributed by atoms with van der Waals surface area (Å²) in [5.41, 5.74) is 4.52. The van der Waals surface area contributed by atoms with E-state index in [1.165, 1.54) is 19.5 Å². The number of nitrogens with zero attached hydrogens (tertiary/aromatic N) is 2. The molecule has 82 valence electrons. The minimum atomic E-state index is -1.47. The number of methoxy groups -OCH3 is 1. The van der Waals surface area contributed by atoms with Crippen molar-refractivity contribution in [3.63, 3.8) is 0 Å². The van der Waals surface area contributed by atoms with E-state index in [0.29, 0.717) is 19.3 Å². The average Bonchev–Trinajstić information content (AvgIpc) is 2.60. The van der Waals surface area contributed by atoms with E-state index in [2.05, 4.69) is 9.97 Å². The van der Waals surface area contributed by atoms with E-state index in [-0.39, 0.29) is 17.6 Å². The second-order valence-corrected chi connectivity index (χ2v) is 3.88. The van der Waals surface area contributed by atoms with Crippen LogP contribution in [0.15, 0.2) is 12.4 Å². The molecule has 1 aliphatic rings. The number of nitrogens with two attached hydrogens (primary N) is 1. The Morgan fingerprint density at radius 2 is 2.27 bits per heavy atom. The summed E-state index contributed by atoms with van der Waals surface area (Å²) in [7, 11) is 1.46. The smallest absolute Gasteiger partial charge is 0.238 e. The van der Waals surface area contributed by atoms with Crippen molar-refractivity contribution >= 4 is 0 Å². The molecule has 1 aromatic rings. The van der Waals surface area contributed by atoms with Gasteiger partial charge in [0.1, 0.15) is 5.69 Å². The highest BCUT2D eigenvalue weighted by molar-refractivity contribution is 5.26. The third kappa shape index (κ3) is 1.79. The van der Waals surface area contributed by atoms with Gasteiger partial charge in [-0.25, -0.2) is 9.37 Å². The highest BCUT2D eigenvalue weighted by Gasteiger charge is 2.43. The maximum absolute atomic E-state index is 14.5. The number of alkyl halides is 1. The maximum atomic E-state index is 14.5. The summed E-state index contributed by atoms with van der Waals surface area (Å²) in [6.07, 6.45) is 4.32. The molecule has 1 saturated carbocycles. The van der Waals surface area contributed by atoms with Crippen LogP contribution in [0.25, 0.3) is 0 Å². The molecule has 1 fully saturated rings. The molecule has 0 spiro atoms. The van der Waals surface area contributed by atoms with Gasteiger partial charge in [-0.3, -0.25) is 4.98 Å². The molecule has 1 aromatic heterocycles. The molecule has 2 atom stereocenters. The van der Waals surface area contributed by atoms with Crippen LogP contribution in [-0.4, -0.2) is 23.1 Å². The second kappa shape index (κ2) is 3.73. The zero-order valence-electron chi connectivity index (χ0n) is 8.61. The van der Waals surface area contributed by atoms with E-state index in [1.807, 2.05) is 0 Å². The van der Waals surface area contributed by atoms with E-state index in [0.717, 1.165) is 0 Å². The van der Waals surface area contributed by atoms with Crippen LogP contribution in [0, 0.1) is 0 Å². The van der Waals surface area contributed by atoms with Crippen LogP contribution in [0.1, 0.15) is 25.0 Å². The molecular weight excluding hydrogens is 197 g/mol. The predicted molar refractivity (Wildman–Crippen MR) is 53.2 cm³/mol. The first-order chi connectivity index (χ1) is 7.15. The fourth-order valence-corrected chi connectivity index (χ4v) is 2.03. The number of aromatic nitrogens is 2. The van der Waals surface area contributed by atoms with Gasteiger partial charge in [-0.05, 0) is 12.8 Å². The lowest BCUT2D eigenvalue weighted by Gasteiger charge is -2.19. The van der Waals surface area contributed by atoms with E-state index >= 15 is 0 Å². The first kappa shape index (κ1) is 10.3. The van der Waals surface area contributed by atoms with Gasteiger partial charge in [0.2, 0.25) is 5.88 Å². The Morgan fingerprint density at radius 1 is 1.53 bits per heavy atom. The third-order valence-electron chi connectivity index (χ3n) is 2.78. The van der Waals surface area contributed by atoms with Crippen molar-refractivity contribution in [2.45, 2.75) is 31.0 Å². The standard InChI is InChI=1S/C10H14FN3O/c1-15-9-8(13-4-5-14-9)10(11)3-2-7(12)6-10/h4-5,7H,2-3,6,12H2,1H3.